The molecule has 0 bridgehead atoms. The number of aromatic nitrogens is 3. The molecule has 3 saturated heterocycles. The zero-order valence-corrected chi connectivity index (χ0v) is 15.7. The first-order valence-electron chi connectivity index (χ1n) is 10.3. The molecule has 140 valence electrons. The third kappa shape index (κ3) is 3.91. The van der Waals surface area contributed by atoms with Gasteiger partial charge in [-0.2, -0.15) is 0 Å². The van der Waals surface area contributed by atoms with Gasteiger partial charge in [-0.05, 0) is 71.6 Å². The van der Waals surface area contributed by atoms with E-state index in [2.05, 4.69) is 31.5 Å². The first-order valence-corrected chi connectivity index (χ1v) is 10.3. The lowest BCUT2D eigenvalue weighted by molar-refractivity contribution is 0.0247. The van der Waals surface area contributed by atoms with E-state index in [4.69, 9.17) is 4.74 Å². The molecule has 0 radical (unpaired) electrons. The molecule has 4 rings (SSSR count). The zero-order chi connectivity index (χ0) is 17.1. The van der Waals surface area contributed by atoms with E-state index in [1.165, 1.54) is 76.4 Å². The molecular weight excluding hydrogens is 314 g/mol. The van der Waals surface area contributed by atoms with Crippen molar-refractivity contribution in [2.75, 3.05) is 39.4 Å². The molecule has 0 unspecified atom stereocenters. The van der Waals surface area contributed by atoms with Crippen LogP contribution in [0.5, 0.6) is 0 Å². The lowest BCUT2D eigenvalue weighted by atomic mass is 9.93. The highest BCUT2D eigenvalue weighted by Crippen LogP contribution is 2.30. The molecule has 4 heterocycles. The van der Waals surface area contributed by atoms with E-state index in [0.29, 0.717) is 5.92 Å². The summed E-state index contributed by atoms with van der Waals surface area (Å²) in [6, 6.07) is 0.740. The van der Waals surface area contributed by atoms with Crippen molar-refractivity contribution in [2.24, 2.45) is 0 Å². The summed E-state index contributed by atoms with van der Waals surface area (Å²) in [4.78, 5) is 5.21. The van der Waals surface area contributed by atoms with Crippen LogP contribution in [0.2, 0.25) is 0 Å². The fraction of sp³-hybridized carbons (Fsp3) is 0.895. The molecule has 6 nitrogen and oxygen atoms in total. The van der Waals surface area contributed by atoms with E-state index in [1.807, 2.05) is 0 Å². The Kier molecular flexibility index (Phi) is 5.68. The maximum atomic E-state index is 5.52. The third-order valence-corrected chi connectivity index (χ3v) is 6.34. The molecule has 0 aromatic carbocycles. The highest BCUT2D eigenvalue weighted by atomic mass is 16.5. The van der Waals surface area contributed by atoms with Crippen molar-refractivity contribution in [3.05, 3.63) is 11.6 Å². The van der Waals surface area contributed by atoms with Crippen LogP contribution in [0.25, 0.3) is 0 Å². The molecule has 0 amide bonds. The fourth-order valence-electron chi connectivity index (χ4n) is 4.83. The number of rotatable bonds is 5. The Morgan fingerprint density at radius 3 is 2.36 bits per heavy atom. The summed E-state index contributed by atoms with van der Waals surface area (Å²) in [5.74, 6) is 2.99. The first kappa shape index (κ1) is 17.4. The van der Waals surface area contributed by atoms with E-state index >= 15 is 0 Å². The first-order chi connectivity index (χ1) is 12.3. The van der Waals surface area contributed by atoms with Crippen LogP contribution in [-0.2, 0) is 17.8 Å². The Balaban J connectivity index is 1.37. The minimum absolute atomic E-state index is 0.580. The van der Waals surface area contributed by atoms with Crippen LogP contribution in [0.15, 0.2) is 0 Å². The lowest BCUT2D eigenvalue weighted by Gasteiger charge is -2.39. The van der Waals surface area contributed by atoms with Crippen LogP contribution in [0.4, 0.5) is 0 Å². The monoisotopic (exact) mass is 347 g/mol. The van der Waals surface area contributed by atoms with Crippen LogP contribution in [0.1, 0.15) is 63.0 Å². The molecule has 25 heavy (non-hydrogen) atoms. The minimum Gasteiger partial charge on any atom is -0.381 e. The average molecular weight is 348 g/mol. The second-order valence-electron chi connectivity index (χ2n) is 7.86. The normalized spacial score (nSPS) is 25.0. The van der Waals surface area contributed by atoms with Gasteiger partial charge in [-0.3, -0.25) is 4.90 Å². The van der Waals surface area contributed by atoms with Crippen molar-refractivity contribution in [2.45, 2.75) is 70.5 Å². The predicted octanol–water partition coefficient (Wildman–Crippen LogP) is 2.25. The van der Waals surface area contributed by atoms with Crippen molar-refractivity contribution >= 4 is 0 Å². The van der Waals surface area contributed by atoms with Gasteiger partial charge in [0.2, 0.25) is 0 Å². The second-order valence-corrected chi connectivity index (χ2v) is 7.86. The molecule has 0 atom stereocenters. The minimum atomic E-state index is 0.580. The van der Waals surface area contributed by atoms with Crippen LogP contribution < -0.4 is 0 Å². The highest BCUT2D eigenvalue weighted by molar-refractivity contribution is 5.05. The lowest BCUT2D eigenvalue weighted by Crippen LogP contribution is -2.44. The SMILES string of the molecule is CCn1c(CN2CCCC2)nnc1C1CCN(C2CCOCC2)CC1. The molecule has 3 aliphatic heterocycles. The molecule has 0 N–H and O–H groups in total. The van der Waals surface area contributed by atoms with Crippen molar-refractivity contribution in [3.63, 3.8) is 0 Å². The van der Waals surface area contributed by atoms with Gasteiger partial charge < -0.3 is 14.2 Å². The number of piperidine rings is 1. The Hall–Kier alpha value is -0.980. The molecule has 3 aliphatic rings. The summed E-state index contributed by atoms with van der Waals surface area (Å²) < 4.78 is 7.91. The molecule has 0 saturated carbocycles. The van der Waals surface area contributed by atoms with Crippen molar-refractivity contribution in [3.8, 4) is 0 Å². The number of nitrogens with zero attached hydrogens (tertiary/aromatic N) is 5. The van der Waals surface area contributed by atoms with E-state index in [1.54, 1.807) is 0 Å². The van der Waals surface area contributed by atoms with Gasteiger partial charge in [0.25, 0.3) is 0 Å². The van der Waals surface area contributed by atoms with E-state index in [-0.39, 0.29) is 0 Å². The van der Waals surface area contributed by atoms with Crippen molar-refractivity contribution in [1.82, 2.24) is 24.6 Å². The van der Waals surface area contributed by atoms with Crippen LogP contribution in [-0.4, -0.2) is 70.0 Å². The summed E-state index contributed by atoms with van der Waals surface area (Å²) in [6.45, 7) is 10.9. The third-order valence-electron chi connectivity index (χ3n) is 6.34. The van der Waals surface area contributed by atoms with Crippen molar-refractivity contribution in [1.29, 1.82) is 0 Å². The van der Waals surface area contributed by atoms with Gasteiger partial charge >= 0.3 is 0 Å². The fourth-order valence-corrected chi connectivity index (χ4v) is 4.83. The van der Waals surface area contributed by atoms with Gasteiger partial charge in [-0.1, -0.05) is 0 Å². The number of ether oxygens (including phenoxy) is 1. The smallest absolute Gasteiger partial charge is 0.147 e. The molecule has 3 fully saturated rings. The van der Waals surface area contributed by atoms with Gasteiger partial charge in [0.05, 0.1) is 6.54 Å². The number of hydrogen-bond acceptors (Lipinski definition) is 5. The van der Waals surface area contributed by atoms with Crippen LogP contribution in [0, 0.1) is 0 Å². The summed E-state index contributed by atoms with van der Waals surface area (Å²) >= 11 is 0. The van der Waals surface area contributed by atoms with E-state index in [9.17, 15) is 0 Å². The summed E-state index contributed by atoms with van der Waals surface area (Å²) in [7, 11) is 0. The predicted molar refractivity (Wildman–Crippen MR) is 97.6 cm³/mol. The average Bonchev–Trinajstić information content (AvgIpc) is 3.32. The Bertz CT molecular complexity index is 540. The molecular formula is C19H33N5O. The Morgan fingerprint density at radius 1 is 0.960 bits per heavy atom. The van der Waals surface area contributed by atoms with Gasteiger partial charge in [0.15, 0.2) is 0 Å². The second kappa shape index (κ2) is 8.14. The van der Waals surface area contributed by atoms with Crippen molar-refractivity contribution < 1.29 is 4.74 Å². The van der Waals surface area contributed by atoms with Gasteiger partial charge in [0, 0.05) is 31.7 Å². The Morgan fingerprint density at radius 2 is 1.68 bits per heavy atom. The summed E-state index contributed by atoms with van der Waals surface area (Å²) in [6.07, 6.45) is 7.51. The molecule has 1 aromatic heterocycles. The van der Waals surface area contributed by atoms with Crippen LogP contribution >= 0.6 is 0 Å². The molecule has 6 heteroatoms. The molecule has 0 aliphatic carbocycles. The maximum Gasteiger partial charge on any atom is 0.147 e. The standard InChI is InChI=1S/C19H33N5O/c1-2-24-18(15-22-9-3-4-10-22)20-21-19(24)16-5-11-23(12-6-16)17-7-13-25-14-8-17/h16-17H,2-15H2,1H3. The topological polar surface area (TPSA) is 46.4 Å². The highest BCUT2D eigenvalue weighted by Gasteiger charge is 2.30. The Labute approximate surface area is 151 Å². The quantitative estimate of drug-likeness (QED) is 0.817. The van der Waals surface area contributed by atoms with E-state index < -0.39 is 0 Å². The molecule has 1 aromatic rings. The number of likely N-dealkylation sites (tertiary alicyclic amines) is 2. The largest absolute Gasteiger partial charge is 0.381 e. The van der Waals surface area contributed by atoms with Gasteiger partial charge in [-0.25, -0.2) is 0 Å². The molecule has 0 spiro atoms. The maximum absolute atomic E-state index is 5.52. The summed E-state index contributed by atoms with van der Waals surface area (Å²) in [5.41, 5.74) is 0. The van der Waals surface area contributed by atoms with Gasteiger partial charge in [0.1, 0.15) is 11.6 Å². The van der Waals surface area contributed by atoms with Crippen LogP contribution in [0.3, 0.4) is 0 Å². The number of hydrogen-bond donors (Lipinski definition) is 0. The van der Waals surface area contributed by atoms with Gasteiger partial charge in [-0.15, -0.1) is 10.2 Å². The zero-order valence-electron chi connectivity index (χ0n) is 15.7. The summed E-state index contributed by atoms with van der Waals surface area (Å²) in [5, 5.41) is 9.21. The van der Waals surface area contributed by atoms with E-state index in [0.717, 1.165) is 32.3 Å².